The summed E-state index contributed by atoms with van der Waals surface area (Å²) in [4.78, 5) is 15.0. The number of nitrogens with one attached hydrogen (secondary N) is 1. The fourth-order valence-corrected chi connectivity index (χ4v) is 5.14. The Morgan fingerprint density at radius 2 is 1.82 bits per heavy atom. The lowest BCUT2D eigenvalue weighted by atomic mass is 9.82. The van der Waals surface area contributed by atoms with Crippen LogP contribution in [-0.2, 0) is 24.1 Å². The summed E-state index contributed by atoms with van der Waals surface area (Å²) in [5.74, 6) is 1.66. The maximum absolute atomic E-state index is 13.1. The predicted molar refractivity (Wildman–Crippen MR) is 134 cm³/mol. The molecule has 1 aliphatic heterocycles. The lowest BCUT2D eigenvalue weighted by Crippen LogP contribution is -2.37. The number of likely N-dealkylation sites (N-methyl/N-ethyl adjacent to an activating group) is 1. The lowest BCUT2D eigenvalue weighted by Gasteiger charge is -2.33. The quantitative estimate of drug-likeness (QED) is 0.591. The van der Waals surface area contributed by atoms with E-state index in [1.54, 1.807) is 0 Å². The number of hydrogen-bond acceptors (Lipinski definition) is 4. The molecule has 2 aromatic rings. The van der Waals surface area contributed by atoms with Crippen LogP contribution >= 0.6 is 0 Å². The lowest BCUT2D eigenvalue weighted by molar-refractivity contribution is 0.0240. The summed E-state index contributed by atoms with van der Waals surface area (Å²) < 4.78 is 11.3. The monoisotopic (exact) mass is 462 g/mol. The third-order valence-corrected chi connectivity index (χ3v) is 7.91. The molecule has 3 aliphatic rings. The minimum Gasteiger partial charge on any atom is -0.493 e. The molecule has 1 N–H and O–H groups in total. The first-order chi connectivity index (χ1) is 16.5. The zero-order valence-corrected chi connectivity index (χ0v) is 20.6. The molecule has 1 heterocycles. The summed E-state index contributed by atoms with van der Waals surface area (Å²) in [6, 6.07) is 14.7. The second kappa shape index (κ2) is 10.1. The third kappa shape index (κ3) is 5.64. The van der Waals surface area contributed by atoms with E-state index in [1.807, 2.05) is 36.2 Å². The Labute approximate surface area is 203 Å². The van der Waals surface area contributed by atoms with Crippen LogP contribution in [0, 0.1) is 11.3 Å². The van der Waals surface area contributed by atoms with Crippen LogP contribution < -0.4 is 10.1 Å². The number of carbonyl (C=O) groups excluding carboxylic acids is 1. The van der Waals surface area contributed by atoms with Crippen LogP contribution in [0.1, 0.15) is 59.7 Å². The van der Waals surface area contributed by atoms with Gasteiger partial charge in [0.15, 0.2) is 0 Å². The minimum absolute atomic E-state index is 0.0816. The summed E-state index contributed by atoms with van der Waals surface area (Å²) >= 11 is 0. The van der Waals surface area contributed by atoms with Crippen molar-refractivity contribution < 1.29 is 14.3 Å². The Bertz CT molecular complexity index is 993. The number of benzene rings is 2. The Hall–Kier alpha value is -2.37. The van der Waals surface area contributed by atoms with Crippen molar-refractivity contribution >= 4 is 5.91 Å². The SMILES string of the molecule is CN(C(=O)c1ccc(OCC2CC2)cc1)[C@@H]1Cc2ccc(CNCC3(C)CCOCC3)cc2C1. The van der Waals surface area contributed by atoms with Gasteiger partial charge in [0.2, 0.25) is 0 Å². The summed E-state index contributed by atoms with van der Waals surface area (Å²) in [6.45, 7) is 6.82. The maximum Gasteiger partial charge on any atom is 0.253 e. The zero-order valence-electron chi connectivity index (χ0n) is 20.6. The van der Waals surface area contributed by atoms with Gasteiger partial charge in [-0.1, -0.05) is 25.1 Å². The van der Waals surface area contributed by atoms with Crippen LogP contribution in [0.25, 0.3) is 0 Å². The first kappa shape index (κ1) is 23.4. The number of nitrogens with zero attached hydrogens (tertiary/aromatic N) is 1. The van der Waals surface area contributed by atoms with Gasteiger partial charge in [-0.3, -0.25) is 4.79 Å². The van der Waals surface area contributed by atoms with E-state index < -0.39 is 0 Å². The first-order valence-corrected chi connectivity index (χ1v) is 12.9. The average Bonchev–Trinajstić information content (AvgIpc) is 3.59. The molecule has 1 saturated carbocycles. The normalized spacial score (nSPS) is 21.2. The smallest absolute Gasteiger partial charge is 0.253 e. The molecule has 5 rings (SSSR count). The summed E-state index contributed by atoms with van der Waals surface area (Å²) in [6.07, 6.45) is 6.65. The van der Waals surface area contributed by atoms with Gasteiger partial charge in [0.1, 0.15) is 5.75 Å². The van der Waals surface area contributed by atoms with Gasteiger partial charge >= 0.3 is 0 Å². The van der Waals surface area contributed by atoms with Crippen molar-refractivity contribution in [1.82, 2.24) is 10.2 Å². The van der Waals surface area contributed by atoms with E-state index in [0.717, 1.165) is 75.8 Å². The van der Waals surface area contributed by atoms with E-state index in [4.69, 9.17) is 9.47 Å². The highest BCUT2D eigenvalue weighted by Gasteiger charge is 2.29. The molecule has 1 saturated heterocycles. The van der Waals surface area contributed by atoms with E-state index in [2.05, 4.69) is 30.4 Å². The molecule has 5 heteroatoms. The Balaban J connectivity index is 1.13. The third-order valence-electron chi connectivity index (χ3n) is 7.91. The zero-order chi connectivity index (χ0) is 23.5. The highest BCUT2D eigenvalue weighted by atomic mass is 16.5. The van der Waals surface area contributed by atoms with Crippen LogP contribution in [0.3, 0.4) is 0 Å². The van der Waals surface area contributed by atoms with Crippen molar-refractivity contribution in [3.05, 3.63) is 64.7 Å². The molecule has 2 aromatic carbocycles. The fraction of sp³-hybridized carbons (Fsp3) is 0.552. The molecule has 5 nitrogen and oxygen atoms in total. The molecule has 182 valence electrons. The van der Waals surface area contributed by atoms with Crippen molar-refractivity contribution in [2.45, 2.75) is 58.0 Å². The maximum atomic E-state index is 13.1. The molecule has 1 amide bonds. The summed E-state index contributed by atoms with van der Waals surface area (Å²) in [5, 5.41) is 3.67. The summed E-state index contributed by atoms with van der Waals surface area (Å²) in [5.41, 5.74) is 5.14. The van der Waals surface area contributed by atoms with Gasteiger partial charge in [-0.25, -0.2) is 0 Å². The van der Waals surface area contributed by atoms with Gasteiger partial charge < -0.3 is 19.7 Å². The molecular formula is C29H38N2O3. The van der Waals surface area contributed by atoms with E-state index >= 15 is 0 Å². The highest BCUT2D eigenvalue weighted by Crippen LogP contribution is 2.31. The van der Waals surface area contributed by atoms with Gasteiger partial charge in [0.25, 0.3) is 5.91 Å². The van der Waals surface area contributed by atoms with Crippen LogP contribution in [0.15, 0.2) is 42.5 Å². The second-order valence-electron chi connectivity index (χ2n) is 10.9. The average molecular weight is 463 g/mol. The fourth-order valence-electron chi connectivity index (χ4n) is 5.14. The number of ether oxygens (including phenoxy) is 2. The van der Waals surface area contributed by atoms with E-state index in [-0.39, 0.29) is 11.9 Å². The number of rotatable bonds is 9. The number of hydrogen-bond donors (Lipinski definition) is 1. The van der Waals surface area contributed by atoms with Gasteiger partial charge in [0.05, 0.1) is 6.61 Å². The van der Waals surface area contributed by atoms with E-state index in [9.17, 15) is 4.79 Å². The van der Waals surface area contributed by atoms with Gasteiger partial charge in [-0.05, 0) is 90.8 Å². The minimum atomic E-state index is 0.0816. The van der Waals surface area contributed by atoms with Crippen molar-refractivity contribution in [3.63, 3.8) is 0 Å². The Kier molecular flexibility index (Phi) is 6.94. The first-order valence-electron chi connectivity index (χ1n) is 12.9. The van der Waals surface area contributed by atoms with Crippen molar-refractivity contribution in [3.8, 4) is 5.75 Å². The predicted octanol–water partition coefficient (Wildman–Crippen LogP) is 4.62. The van der Waals surface area contributed by atoms with Gasteiger partial charge in [0, 0.05) is 45.0 Å². The molecule has 34 heavy (non-hydrogen) atoms. The number of fused-ring (bicyclic) bond motifs is 1. The molecule has 0 unspecified atom stereocenters. The van der Waals surface area contributed by atoms with E-state index in [0.29, 0.717) is 5.41 Å². The number of carbonyl (C=O) groups is 1. The molecule has 0 spiro atoms. The molecule has 2 fully saturated rings. The molecular weight excluding hydrogens is 424 g/mol. The molecule has 2 aliphatic carbocycles. The molecule has 1 atom stereocenters. The van der Waals surface area contributed by atoms with Crippen molar-refractivity contribution in [1.29, 1.82) is 0 Å². The van der Waals surface area contributed by atoms with E-state index in [1.165, 1.54) is 29.5 Å². The summed E-state index contributed by atoms with van der Waals surface area (Å²) in [7, 11) is 1.94. The van der Waals surface area contributed by atoms with Crippen LogP contribution in [-0.4, -0.2) is 50.3 Å². The number of amides is 1. The van der Waals surface area contributed by atoms with Gasteiger partial charge in [-0.2, -0.15) is 0 Å². The van der Waals surface area contributed by atoms with Crippen LogP contribution in [0.2, 0.25) is 0 Å². The highest BCUT2D eigenvalue weighted by molar-refractivity contribution is 5.94. The Morgan fingerprint density at radius 3 is 2.56 bits per heavy atom. The molecule has 0 bridgehead atoms. The van der Waals surface area contributed by atoms with Crippen molar-refractivity contribution in [2.75, 3.05) is 33.4 Å². The standard InChI is InChI=1S/C29H38N2O3/c1-29(11-13-33-14-12-29)20-30-18-22-5-6-24-16-26(17-25(24)15-22)31(2)28(32)23-7-9-27(10-8-23)34-19-21-3-4-21/h5-10,15,21,26,30H,3-4,11-14,16-20H2,1-2H3/t26-/m1/s1. The Morgan fingerprint density at radius 1 is 1.09 bits per heavy atom. The molecule has 0 radical (unpaired) electrons. The van der Waals surface area contributed by atoms with Crippen molar-refractivity contribution in [2.24, 2.45) is 11.3 Å². The molecule has 0 aromatic heterocycles. The largest absolute Gasteiger partial charge is 0.493 e. The van der Waals surface area contributed by atoms with Crippen LogP contribution in [0.4, 0.5) is 0 Å². The topological polar surface area (TPSA) is 50.8 Å². The second-order valence-corrected chi connectivity index (χ2v) is 10.9. The van der Waals surface area contributed by atoms with Crippen LogP contribution in [0.5, 0.6) is 5.75 Å². The van der Waals surface area contributed by atoms with Gasteiger partial charge in [-0.15, -0.1) is 0 Å².